The number of carbonyl (C=O) groups excluding carboxylic acids is 1. The van der Waals surface area contributed by atoms with Crippen LogP contribution in [0.5, 0.6) is 0 Å². The zero-order valence-corrected chi connectivity index (χ0v) is 15.9. The van der Waals surface area contributed by atoms with Crippen LogP contribution in [0.25, 0.3) is 11.3 Å². The molecule has 2 atom stereocenters. The molecule has 0 aromatic carbocycles. The van der Waals surface area contributed by atoms with Crippen molar-refractivity contribution in [2.45, 2.75) is 37.8 Å². The van der Waals surface area contributed by atoms with E-state index in [-0.39, 0.29) is 17.4 Å². The van der Waals surface area contributed by atoms with Crippen LogP contribution >= 0.6 is 0 Å². The molecule has 2 aromatic rings. The normalized spacial score (nSPS) is 32.2. The predicted octanol–water partition coefficient (Wildman–Crippen LogP) is 1.18. The van der Waals surface area contributed by atoms with Gasteiger partial charge in [-0.05, 0) is 31.7 Å². The lowest BCUT2D eigenvalue weighted by Crippen LogP contribution is -2.50. The molecule has 2 N–H and O–H groups in total. The molecule has 5 rings (SSSR count). The second-order valence-electron chi connectivity index (χ2n) is 8.28. The van der Waals surface area contributed by atoms with Crippen LogP contribution in [0.2, 0.25) is 0 Å². The van der Waals surface area contributed by atoms with Gasteiger partial charge in [-0.25, -0.2) is 9.97 Å². The van der Waals surface area contributed by atoms with Gasteiger partial charge in [-0.2, -0.15) is 5.10 Å². The zero-order chi connectivity index (χ0) is 19.0. The van der Waals surface area contributed by atoms with Crippen molar-refractivity contribution < 1.29 is 9.53 Å². The second-order valence-corrected chi connectivity index (χ2v) is 8.28. The molecule has 28 heavy (non-hydrogen) atoms. The third kappa shape index (κ3) is 3.10. The Hall–Kier alpha value is -2.32. The molecule has 1 amide bonds. The minimum Gasteiger partial charge on any atom is -0.380 e. The molecule has 3 fully saturated rings. The first-order chi connectivity index (χ1) is 13.7. The molecule has 2 saturated heterocycles. The Morgan fingerprint density at radius 2 is 2.21 bits per heavy atom. The fraction of sp³-hybridized carbons (Fsp3) is 0.600. The molecule has 3 aliphatic rings. The summed E-state index contributed by atoms with van der Waals surface area (Å²) in [6.45, 7) is 2.86. The molecule has 4 heterocycles. The topological polar surface area (TPSA) is 94.0 Å². The molecule has 148 valence electrons. The average Bonchev–Trinajstić information content (AvgIpc) is 3.45. The van der Waals surface area contributed by atoms with E-state index < -0.39 is 0 Å². The Balaban J connectivity index is 1.18. The van der Waals surface area contributed by atoms with E-state index in [9.17, 15) is 4.79 Å². The largest absolute Gasteiger partial charge is 0.380 e. The van der Waals surface area contributed by atoms with Crippen LogP contribution in [0.1, 0.15) is 31.7 Å². The maximum absolute atomic E-state index is 13.0. The highest BCUT2D eigenvalue weighted by Crippen LogP contribution is 2.38. The molecule has 2 aliphatic heterocycles. The van der Waals surface area contributed by atoms with Crippen LogP contribution in [0.3, 0.4) is 0 Å². The SMILES string of the molecule is O=C(NC1CCC(n2cc(-c3ccncn3)cn2)CC1)[C@]12CNC[C@H]1COC2. The number of fused-ring (bicyclic) bond motifs is 1. The summed E-state index contributed by atoms with van der Waals surface area (Å²) in [5.74, 6) is 0.488. The maximum Gasteiger partial charge on any atom is 0.230 e. The van der Waals surface area contributed by atoms with Crippen LogP contribution < -0.4 is 10.6 Å². The summed E-state index contributed by atoms with van der Waals surface area (Å²) in [6, 6.07) is 2.51. The Morgan fingerprint density at radius 1 is 1.32 bits per heavy atom. The van der Waals surface area contributed by atoms with Crippen molar-refractivity contribution >= 4 is 5.91 Å². The number of nitrogens with zero attached hydrogens (tertiary/aromatic N) is 4. The first kappa shape index (κ1) is 17.8. The van der Waals surface area contributed by atoms with Crippen molar-refractivity contribution in [1.82, 2.24) is 30.4 Å². The molecule has 2 aromatic heterocycles. The average molecular weight is 382 g/mol. The van der Waals surface area contributed by atoms with Gasteiger partial charge in [0.15, 0.2) is 0 Å². The van der Waals surface area contributed by atoms with Gasteiger partial charge in [0, 0.05) is 43.0 Å². The van der Waals surface area contributed by atoms with Crippen molar-refractivity contribution in [2.75, 3.05) is 26.3 Å². The van der Waals surface area contributed by atoms with E-state index in [1.54, 1.807) is 12.5 Å². The molecular weight excluding hydrogens is 356 g/mol. The second kappa shape index (κ2) is 7.25. The van der Waals surface area contributed by atoms with Gasteiger partial charge >= 0.3 is 0 Å². The number of ether oxygens (including phenoxy) is 1. The number of nitrogens with one attached hydrogen (secondary N) is 2. The van der Waals surface area contributed by atoms with Crippen molar-refractivity contribution in [3.63, 3.8) is 0 Å². The Labute approximate surface area is 164 Å². The van der Waals surface area contributed by atoms with E-state index >= 15 is 0 Å². The number of hydrogen-bond donors (Lipinski definition) is 2. The number of amides is 1. The molecule has 1 saturated carbocycles. The summed E-state index contributed by atoms with van der Waals surface area (Å²) in [4.78, 5) is 21.2. The maximum atomic E-state index is 13.0. The van der Waals surface area contributed by atoms with Gasteiger partial charge in [0.05, 0.1) is 36.6 Å². The van der Waals surface area contributed by atoms with E-state index in [1.807, 2.05) is 12.3 Å². The van der Waals surface area contributed by atoms with Crippen molar-refractivity contribution in [1.29, 1.82) is 0 Å². The highest BCUT2D eigenvalue weighted by atomic mass is 16.5. The smallest absolute Gasteiger partial charge is 0.230 e. The van der Waals surface area contributed by atoms with Crippen molar-refractivity contribution in [3.8, 4) is 11.3 Å². The van der Waals surface area contributed by atoms with Crippen molar-refractivity contribution in [2.24, 2.45) is 11.3 Å². The van der Waals surface area contributed by atoms with Crippen LogP contribution in [0.4, 0.5) is 0 Å². The zero-order valence-electron chi connectivity index (χ0n) is 15.9. The van der Waals surface area contributed by atoms with E-state index in [0.717, 1.165) is 50.0 Å². The van der Waals surface area contributed by atoms with Gasteiger partial charge in [-0.15, -0.1) is 0 Å². The Morgan fingerprint density at radius 3 is 3.04 bits per heavy atom. The summed E-state index contributed by atoms with van der Waals surface area (Å²) in [5.41, 5.74) is 1.54. The van der Waals surface area contributed by atoms with Crippen LogP contribution in [-0.4, -0.2) is 58.0 Å². The standard InChI is InChI=1S/C20H26N6O2/c27-19(20-11-22-8-15(20)10-28-12-20)25-16-1-3-17(4-2-16)26-9-14(7-24-26)18-5-6-21-13-23-18/h5-7,9,13,15-17,22H,1-4,8,10-12H2,(H,25,27)/t15-,16?,17?,20-/m0/s1. The number of aromatic nitrogens is 4. The van der Waals surface area contributed by atoms with Gasteiger partial charge in [-0.3, -0.25) is 9.48 Å². The highest BCUT2D eigenvalue weighted by Gasteiger charge is 2.53. The van der Waals surface area contributed by atoms with E-state index in [1.165, 1.54) is 0 Å². The summed E-state index contributed by atoms with van der Waals surface area (Å²) < 4.78 is 7.67. The molecule has 0 bridgehead atoms. The van der Waals surface area contributed by atoms with Gasteiger partial charge in [-0.1, -0.05) is 0 Å². The first-order valence-electron chi connectivity index (χ1n) is 10.1. The predicted molar refractivity (Wildman–Crippen MR) is 102 cm³/mol. The minimum absolute atomic E-state index is 0.175. The van der Waals surface area contributed by atoms with Crippen molar-refractivity contribution in [3.05, 3.63) is 31.0 Å². The lowest BCUT2D eigenvalue weighted by Gasteiger charge is -2.33. The monoisotopic (exact) mass is 382 g/mol. The third-order valence-corrected chi connectivity index (χ3v) is 6.63. The van der Waals surface area contributed by atoms with Crippen LogP contribution in [0.15, 0.2) is 31.0 Å². The minimum atomic E-state index is -0.356. The van der Waals surface area contributed by atoms with Gasteiger partial charge < -0.3 is 15.4 Å². The molecule has 8 heteroatoms. The lowest BCUT2D eigenvalue weighted by molar-refractivity contribution is -0.132. The van der Waals surface area contributed by atoms with Crippen LogP contribution in [-0.2, 0) is 9.53 Å². The van der Waals surface area contributed by atoms with Gasteiger partial charge in [0.2, 0.25) is 5.91 Å². The lowest BCUT2D eigenvalue weighted by atomic mass is 9.79. The molecule has 0 radical (unpaired) electrons. The van der Waals surface area contributed by atoms with E-state index in [4.69, 9.17) is 4.74 Å². The number of carbonyl (C=O) groups is 1. The van der Waals surface area contributed by atoms with Gasteiger partial charge in [0.1, 0.15) is 6.33 Å². The summed E-state index contributed by atoms with van der Waals surface area (Å²) in [7, 11) is 0. The molecule has 1 aliphatic carbocycles. The summed E-state index contributed by atoms with van der Waals surface area (Å²) in [5, 5.41) is 11.2. The first-order valence-corrected chi connectivity index (χ1v) is 10.1. The fourth-order valence-corrected chi connectivity index (χ4v) is 4.86. The Bertz CT molecular complexity index is 820. The number of hydrogen-bond acceptors (Lipinski definition) is 6. The fourth-order valence-electron chi connectivity index (χ4n) is 4.86. The van der Waals surface area contributed by atoms with E-state index in [2.05, 4.69) is 36.6 Å². The molecule has 8 nitrogen and oxygen atoms in total. The quantitative estimate of drug-likeness (QED) is 0.825. The summed E-state index contributed by atoms with van der Waals surface area (Å²) >= 11 is 0. The van der Waals surface area contributed by atoms with Gasteiger partial charge in [0.25, 0.3) is 0 Å². The molecular formula is C20H26N6O2. The van der Waals surface area contributed by atoms with E-state index in [0.29, 0.717) is 25.2 Å². The molecule has 0 unspecified atom stereocenters. The highest BCUT2D eigenvalue weighted by molar-refractivity contribution is 5.84. The van der Waals surface area contributed by atoms with Crippen LogP contribution in [0, 0.1) is 11.3 Å². The number of rotatable bonds is 4. The summed E-state index contributed by atoms with van der Waals surface area (Å²) in [6.07, 6.45) is 11.2. The molecule has 0 spiro atoms. The Kier molecular flexibility index (Phi) is 4.60. The third-order valence-electron chi connectivity index (χ3n) is 6.63.